The lowest BCUT2D eigenvalue weighted by Gasteiger charge is -2.29. The Bertz CT molecular complexity index is 600. The van der Waals surface area contributed by atoms with Crippen molar-refractivity contribution < 1.29 is 28.6 Å². The summed E-state index contributed by atoms with van der Waals surface area (Å²) >= 11 is 0. The predicted octanol–water partition coefficient (Wildman–Crippen LogP) is 3.76. The summed E-state index contributed by atoms with van der Waals surface area (Å²) in [6.45, 7) is 1.66. The Morgan fingerprint density at radius 2 is 1.77 bits per heavy atom. The third-order valence-corrected chi connectivity index (χ3v) is 4.28. The van der Waals surface area contributed by atoms with Gasteiger partial charge in [0.05, 0.1) is 11.1 Å². The lowest BCUT2D eigenvalue weighted by Crippen LogP contribution is -2.26. The molecular formula is C16H18F2O4. The van der Waals surface area contributed by atoms with Crippen molar-refractivity contribution in [2.45, 2.75) is 45.0 Å². The van der Waals surface area contributed by atoms with Gasteiger partial charge in [-0.25, -0.2) is 18.4 Å². The fraction of sp³-hybridized carbons (Fsp3) is 0.500. The van der Waals surface area contributed by atoms with Gasteiger partial charge < -0.3 is 10.2 Å². The average molecular weight is 312 g/mol. The first-order valence-electron chi connectivity index (χ1n) is 7.17. The first kappa shape index (κ1) is 16.4. The highest BCUT2D eigenvalue weighted by atomic mass is 19.3. The van der Waals surface area contributed by atoms with Gasteiger partial charge in [-0.15, -0.1) is 0 Å². The molecule has 2 rings (SSSR count). The van der Waals surface area contributed by atoms with Gasteiger partial charge in [-0.05, 0) is 55.4 Å². The minimum absolute atomic E-state index is 0.00658. The van der Waals surface area contributed by atoms with Crippen LogP contribution in [-0.4, -0.2) is 28.1 Å². The van der Waals surface area contributed by atoms with Gasteiger partial charge in [0.1, 0.15) is 0 Å². The minimum atomic E-state index is -2.62. The van der Waals surface area contributed by atoms with Crippen molar-refractivity contribution in [3.05, 3.63) is 34.4 Å². The second kappa shape index (κ2) is 6.02. The third-order valence-electron chi connectivity index (χ3n) is 4.28. The lowest BCUT2D eigenvalue weighted by molar-refractivity contribution is -0.0456. The molecule has 0 heterocycles. The molecule has 22 heavy (non-hydrogen) atoms. The van der Waals surface area contributed by atoms with Crippen LogP contribution >= 0.6 is 0 Å². The van der Waals surface area contributed by atoms with Crippen LogP contribution in [0.4, 0.5) is 8.78 Å². The van der Waals surface area contributed by atoms with E-state index in [1.807, 2.05) is 0 Å². The first-order valence-corrected chi connectivity index (χ1v) is 7.17. The topological polar surface area (TPSA) is 74.6 Å². The van der Waals surface area contributed by atoms with Crippen LogP contribution in [0.5, 0.6) is 0 Å². The van der Waals surface area contributed by atoms with E-state index in [9.17, 15) is 23.5 Å². The van der Waals surface area contributed by atoms with Crippen LogP contribution < -0.4 is 0 Å². The minimum Gasteiger partial charge on any atom is -0.478 e. The van der Waals surface area contributed by atoms with E-state index in [4.69, 9.17) is 5.11 Å². The predicted molar refractivity (Wildman–Crippen MR) is 75.7 cm³/mol. The van der Waals surface area contributed by atoms with Gasteiger partial charge in [0.25, 0.3) is 0 Å². The van der Waals surface area contributed by atoms with Crippen molar-refractivity contribution in [2.75, 3.05) is 0 Å². The Morgan fingerprint density at radius 3 is 2.27 bits per heavy atom. The van der Waals surface area contributed by atoms with Gasteiger partial charge in [0.2, 0.25) is 5.92 Å². The summed E-state index contributed by atoms with van der Waals surface area (Å²) in [6.07, 6.45) is 0.750. The van der Waals surface area contributed by atoms with Crippen molar-refractivity contribution in [2.24, 2.45) is 5.92 Å². The zero-order valence-electron chi connectivity index (χ0n) is 12.2. The van der Waals surface area contributed by atoms with Crippen LogP contribution in [0.2, 0.25) is 0 Å². The van der Waals surface area contributed by atoms with E-state index in [0.717, 1.165) is 6.07 Å². The van der Waals surface area contributed by atoms with Crippen molar-refractivity contribution >= 4 is 11.9 Å². The van der Waals surface area contributed by atoms with Crippen molar-refractivity contribution in [1.29, 1.82) is 0 Å². The Morgan fingerprint density at radius 1 is 1.18 bits per heavy atom. The molecule has 6 heteroatoms. The van der Waals surface area contributed by atoms with Crippen LogP contribution in [-0.2, 0) is 6.42 Å². The number of carboxylic acids is 2. The number of hydrogen-bond donors (Lipinski definition) is 2. The summed E-state index contributed by atoms with van der Waals surface area (Å²) in [6, 6.07) is 2.58. The molecule has 1 aliphatic carbocycles. The van der Waals surface area contributed by atoms with Crippen LogP contribution in [0.15, 0.2) is 12.1 Å². The smallest absolute Gasteiger partial charge is 0.335 e. The summed E-state index contributed by atoms with van der Waals surface area (Å²) in [5, 5.41) is 18.3. The number of halogens is 2. The van der Waals surface area contributed by atoms with Gasteiger partial charge in [-0.2, -0.15) is 0 Å². The molecule has 0 aliphatic heterocycles. The molecule has 1 aromatic carbocycles. The standard InChI is InChI=1S/C16H18F2O4/c1-9-6-11(14(19)20)8-13(15(21)22)12(9)7-10-2-4-16(17,18)5-3-10/h6,8,10H,2-5,7H2,1H3,(H,19,20)(H,21,22). The second-order valence-electron chi connectivity index (χ2n) is 5.93. The number of carbonyl (C=O) groups is 2. The van der Waals surface area contributed by atoms with Gasteiger partial charge in [0.15, 0.2) is 0 Å². The molecule has 0 bridgehead atoms. The van der Waals surface area contributed by atoms with Crippen LogP contribution in [0.1, 0.15) is 57.5 Å². The highest BCUT2D eigenvalue weighted by Gasteiger charge is 2.35. The van der Waals surface area contributed by atoms with E-state index < -0.39 is 17.9 Å². The zero-order chi connectivity index (χ0) is 16.5. The van der Waals surface area contributed by atoms with Crippen LogP contribution in [0.3, 0.4) is 0 Å². The van der Waals surface area contributed by atoms with E-state index in [-0.39, 0.29) is 29.9 Å². The molecule has 0 atom stereocenters. The highest BCUT2D eigenvalue weighted by molar-refractivity contribution is 5.95. The van der Waals surface area contributed by atoms with E-state index in [1.54, 1.807) is 6.92 Å². The van der Waals surface area contributed by atoms with Gasteiger partial charge in [-0.3, -0.25) is 0 Å². The van der Waals surface area contributed by atoms with Crippen molar-refractivity contribution in [3.8, 4) is 0 Å². The van der Waals surface area contributed by atoms with Gasteiger partial charge >= 0.3 is 11.9 Å². The number of aryl methyl sites for hydroxylation is 1. The van der Waals surface area contributed by atoms with Gasteiger partial charge in [-0.1, -0.05) is 0 Å². The summed E-state index contributed by atoms with van der Waals surface area (Å²) in [5.74, 6) is -4.99. The Kier molecular flexibility index (Phi) is 4.49. The molecule has 0 radical (unpaired) electrons. The molecule has 1 aromatic rings. The fourth-order valence-corrected chi connectivity index (χ4v) is 3.00. The summed E-state index contributed by atoms with van der Waals surface area (Å²) in [4.78, 5) is 22.4. The number of benzene rings is 1. The summed E-state index contributed by atoms with van der Waals surface area (Å²) in [7, 11) is 0. The highest BCUT2D eigenvalue weighted by Crippen LogP contribution is 2.38. The number of hydrogen-bond acceptors (Lipinski definition) is 2. The molecule has 1 fully saturated rings. The number of rotatable bonds is 4. The zero-order valence-corrected chi connectivity index (χ0v) is 12.2. The van der Waals surface area contributed by atoms with E-state index in [1.165, 1.54) is 6.07 Å². The molecule has 2 N–H and O–H groups in total. The molecule has 0 unspecified atom stereocenters. The van der Waals surface area contributed by atoms with E-state index >= 15 is 0 Å². The van der Waals surface area contributed by atoms with E-state index in [0.29, 0.717) is 30.4 Å². The largest absolute Gasteiger partial charge is 0.478 e. The van der Waals surface area contributed by atoms with E-state index in [2.05, 4.69) is 0 Å². The SMILES string of the molecule is Cc1cc(C(=O)O)cc(C(=O)O)c1CC1CCC(F)(F)CC1. The lowest BCUT2D eigenvalue weighted by atomic mass is 9.81. The maximum atomic E-state index is 13.2. The van der Waals surface area contributed by atoms with Crippen molar-refractivity contribution in [3.63, 3.8) is 0 Å². The van der Waals surface area contributed by atoms with Crippen molar-refractivity contribution in [1.82, 2.24) is 0 Å². The number of carboxylic acid groups (broad SMARTS) is 2. The second-order valence-corrected chi connectivity index (χ2v) is 5.93. The molecule has 0 aromatic heterocycles. The molecule has 120 valence electrons. The summed E-state index contributed by atoms with van der Waals surface area (Å²) < 4.78 is 26.4. The third kappa shape index (κ3) is 3.61. The monoisotopic (exact) mass is 312 g/mol. The number of alkyl halides is 2. The van der Waals surface area contributed by atoms with Gasteiger partial charge in [0, 0.05) is 12.8 Å². The molecule has 1 aliphatic rings. The van der Waals surface area contributed by atoms with Crippen LogP contribution in [0.25, 0.3) is 0 Å². The fourth-order valence-electron chi connectivity index (χ4n) is 3.00. The maximum Gasteiger partial charge on any atom is 0.335 e. The molecular weight excluding hydrogens is 294 g/mol. The first-order chi connectivity index (χ1) is 10.2. The van der Waals surface area contributed by atoms with Crippen LogP contribution in [0, 0.1) is 12.8 Å². The number of aromatic carboxylic acids is 2. The Balaban J connectivity index is 2.27. The maximum absolute atomic E-state index is 13.2. The quantitative estimate of drug-likeness (QED) is 0.887. The Hall–Kier alpha value is -1.98. The normalized spacial score (nSPS) is 18.1. The average Bonchev–Trinajstić information content (AvgIpc) is 2.42. The molecule has 0 amide bonds. The molecule has 4 nitrogen and oxygen atoms in total. The molecule has 0 saturated heterocycles. The Labute approximate surface area is 126 Å². The summed E-state index contributed by atoms with van der Waals surface area (Å²) in [5.41, 5.74) is 1.01. The molecule has 0 spiro atoms. The molecule has 1 saturated carbocycles.